The maximum absolute atomic E-state index is 11.2. The molecular formula is C13H17N3O5. The molecule has 0 aromatic heterocycles. The summed E-state index contributed by atoms with van der Waals surface area (Å²) in [7, 11) is 0. The van der Waals surface area contributed by atoms with Crippen LogP contribution in [0.3, 0.4) is 0 Å². The Bertz CT molecular complexity index is 592. The number of primary amides is 1. The lowest BCUT2D eigenvalue weighted by molar-refractivity contribution is -0.384. The Balaban J connectivity index is 3.47. The Kier molecular flexibility index (Phi) is 4.52. The van der Waals surface area contributed by atoms with Crippen LogP contribution in [0.15, 0.2) is 18.2 Å². The van der Waals surface area contributed by atoms with Crippen LogP contribution in [0.25, 0.3) is 0 Å². The quantitative estimate of drug-likeness (QED) is 0.624. The van der Waals surface area contributed by atoms with E-state index < -0.39 is 28.9 Å². The zero-order valence-corrected chi connectivity index (χ0v) is 12.0. The van der Waals surface area contributed by atoms with Crippen molar-refractivity contribution in [3.05, 3.63) is 33.9 Å². The third-order valence-corrected chi connectivity index (χ3v) is 2.85. The first-order valence-electron chi connectivity index (χ1n) is 6.11. The average molecular weight is 295 g/mol. The Morgan fingerprint density at radius 2 is 1.95 bits per heavy atom. The molecule has 0 saturated heterocycles. The monoisotopic (exact) mass is 295 g/mol. The molecule has 0 fully saturated rings. The number of anilines is 1. The highest BCUT2D eigenvalue weighted by Crippen LogP contribution is 2.33. The number of benzene rings is 1. The fourth-order valence-electron chi connectivity index (χ4n) is 1.87. The minimum absolute atomic E-state index is 0.00497. The molecule has 0 bridgehead atoms. The summed E-state index contributed by atoms with van der Waals surface area (Å²) in [5, 5.41) is 20.2. The van der Waals surface area contributed by atoms with Crippen LogP contribution < -0.4 is 10.6 Å². The molecule has 21 heavy (non-hydrogen) atoms. The molecule has 1 amide bonds. The van der Waals surface area contributed by atoms with Crippen LogP contribution in [0.4, 0.5) is 11.4 Å². The molecule has 8 nitrogen and oxygen atoms in total. The summed E-state index contributed by atoms with van der Waals surface area (Å²) in [6.45, 7) is 4.81. The number of carbonyl (C=O) groups excluding carboxylic acids is 1. The molecule has 0 aliphatic rings. The van der Waals surface area contributed by atoms with Gasteiger partial charge in [0.1, 0.15) is 12.2 Å². The van der Waals surface area contributed by atoms with E-state index in [-0.39, 0.29) is 16.9 Å². The predicted molar refractivity (Wildman–Crippen MR) is 76.3 cm³/mol. The van der Waals surface area contributed by atoms with Crippen molar-refractivity contribution in [2.24, 2.45) is 5.73 Å². The standard InChI is InChI=1S/C13H17N3O5/c1-13(2,3)15(7-11(17)18)9-5-4-8(12(14)19)6-10(9)16(20)21/h4-6H,7H2,1-3H3,(H2,14,19)(H,17,18). The van der Waals surface area contributed by atoms with E-state index in [9.17, 15) is 19.7 Å². The van der Waals surface area contributed by atoms with Gasteiger partial charge in [-0.3, -0.25) is 19.7 Å². The van der Waals surface area contributed by atoms with Crippen LogP contribution in [0.1, 0.15) is 31.1 Å². The first-order chi connectivity index (χ1) is 9.54. The molecule has 0 atom stereocenters. The van der Waals surface area contributed by atoms with Gasteiger partial charge in [0.15, 0.2) is 0 Å². The number of aliphatic carboxylic acids is 1. The molecule has 0 aliphatic heterocycles. The molecule has 1 rings (SSSR count). The van der Waals surface area contributed by atoms with Crippen molar-refractivity contribution in [2.45, 2.75) is 26.3 Å². The summed E-state index contributed by atoms with van der Waals surface area (Å²) in [6, 6.07) is 3.73. The molecule has 0 radical (unpaired) electrons. The largest absolute Gasteiger partial charge is 0.480 e. The number of amides is 1. The molecule has 8 heteroatoms. The molecule has 0 aliphatic carbocycles. The number of nitrogens with two attached hydrogens (primary N) is 1. The Morgan fingerprint density at radius 1 is 1.38 bits per heavy atom. The third kappa shape index (κ3) is 3.91. The van der Waals surface area contributed by atoms with E-state index in [4.69, 9.17) is 10.8 Å². The van der Waals surface area contributed by atoms with Gasteiger partial charge in [0.05, 0.1) is 4.92 Å². The molecule has 0 heterocycles. The van der Waals surface area contributed by atoms with Crippen molar-refractivity contribution < 1.29 is 19.6 Å². The fourth-order valence-corrected chi connectivity index (χ4v) is 1.87. The molecule has 0 spiro atoms. The lowest BCUT2D eigenvalue weighted by atomic mass is 10.0. The number of rotatable bonds is 5. The van der Waals surface area contributed by atoms with E-state index in [0.29, 0.717) is 0 Å². The van der Waals surface area contributed by atoms with Gasteiger partial charge in [-0.1, -0.05) is 0 Å². The van der Waals surface area contributed by atoms with Gasteiger partial charge < -0.3 is 15.7 Å². The normalized spacial score (nSPS) is 11.0. The molecule has 1 aromatic rings. The molecular weight excluding hydrogens is 278 g/mol. The van der Waals surface area contributed by atoms with Crippen LogP contribution in [-0.2, 0) is 4.79 Å². The van der Waals surface area contributed by atoms with Crippen molar-refractivity contribution in [3.63, 3.8) is 0 Å². The summed E-state index contributed by atoms with van der Waals surface area (Å²) < 4.78 is 0. The number of carbonyl (C=O) groups is 2. The zero-order chi connectivity index (χ0) is 16.4. The first-order valence-corrected chi connectivity index (χ1v) is 6.11. The Hall–Kier alpha value is -2.64. The maximum atomic E-state index is 11.2. The van der Waals surface area contributed by atoms with Gasteiger partial charge in [0.2, 0.25) is 5.91 Å². The second-order valence-electron chi connectivity index (χ2n) is 5.48. The van der Waals surface area contributed by atoms with E-state index in [1.54, 1.807) is 20.8 Å². The molecule has 0 saturated carbocycles. The molecule has 3 N–H and O–H groups in total. The van der Waals surface area contributed by atoms with Crippen molar-refractivity contribution >= 4 is 23.3 Å². The van der Waals surface area contributed by atoms with Crippen LogP contribution in [0.2, 0.25) is 0 Å². The van der Waals surface area contributed by atoms with Gasteiger partial charge >= 0.3 is 5.97 Å². The highest BCUT2D eigenvalue weighted by atomic mass is 16.6. The lowest BCUT2D eigenvalue weighted by Gasteiger charge is -2.36. The summed E-state index contributed by atoms with van der Waals surface area (Å²) in [6.07, 6.45) is 0. The maximum Gasteiger partial charge on any atom is 0.323 e. The van der Waals surface area contributed by atoms with Crippen molar-refractivity contribution in [3.8, 4) is 0 Å². The van der Waals surface area contributed by atoms with Crippen LogP contribution in [-0.4, -0.2) is 34.0 Å². The van der Waals surface area contributed by atoms with Gasteiger partial charge in [-0.2, -0.15) is 0 Å². The third-order valence-electron chi connectivity index (χ3n) is 2.85. The highest BCUT2D eigenvalue weighted by Gasteiger charge is 2.30. The number of hydrogen-bond acceptors (Lipinski definition) is 5. The number of carboxylic acid groups (broad SMARTS) is 1. The lowest BCUT2D eigenvalue weighted by Crippen LogP contribution is -2.45. The van der Waals surface area contributed by atoms with E-state index in [1.807, 2.05) is 0 Å². The predicted octanol–water partition coefficient (Wildman–Crippen LogP) is 1.38. The first kappa shape index (κ1) is 16.4. The van der Waals surface area contributed by atoms with Gasteiger partial charge in [0.25, 0.3) is 5.69 Å². The molecule has 114 valence electrons. The number of hydrogen-bond donors (Lipinski definition) is 2. The SMILES string of the molecule is CC(C)(C)N(CC(=O)O)c1ccc(C(N)=O)cc1[N+](=O)[O-]. The van der Waals surface area contributed by atoms with Crippen LogP contribution >= 0.6 is 0 Å². The summed E-state index contributed by atoms with van der Waals surface area (Å²) >= 11 is 0. The number of nitro groups is 1. The second kappa shape index (κ2) is 5.78. The number of carboxylic acids is 1. The van der Waals surface area contributed by atoms with Gasteiger partial charge in [-0.05, 0) is 32.9 Å². The van der Waals surface area contributed by atoms with Crippen molar-refractivity contribution in [1.29, 1.82) is 0 Å². The summed E-state index contributed by atoms with van der Waals surface area (Å²) in [4.78, 5) is 34.0. The molecule has 0 unspecified atom stereocenters. The summed E-state index contributed by atoms with van der Waals surface area (Å²) in [5.74, 6) is -1.90. The highest BCUT2D eigenvalue weighted by molar-refractivity contribution is 5.94. The van der Waals surface area contributed by atoms with Crippen LogP contribution in [0.5, 0.6) is 0 Å². The van der Waals surface area contributed by atoms with E-state index in [1.165, 1.54) is 17.0 Å². The summed E-state index contributed by atoms with van der Waals surface area (Å²) in [5.41, 5.74) is 4.21. The minimum Gasteiger partial charge on any atom is -0.480 e. The van der Waals surface area contributed by atoms with Gasteiger partial charge in [-0.15, -0.1) is 0 Å². The van der Waals surface area contributed by atoms with E-state index >= 15 is 0 Å². The number of nitro benzene ring substituents is 1. The minimum atomic E-state index is -1.11. The topological polar surface area (TPSA) is 127 Å². The van der Waals surface area contributed by atoms with Crippen LogP contribution in [0, 0.1) is 10.1 Å². The Labute approximate surface area is 121 Å². The van der Waals surface area contributed by atoms with Gasteiger partial charge in [-0.25, -0.2) is 0 Å². The molecule has 1 aromatic carbocycles. The van der Waals surface area contributed by atoms with E-state index in [2.05, 4.69) is 0 Å². The van der Waals surface area contributed by atoms with Crippen molar-refractivity contribution in [1.82, 2.24) is 0 Å². The fraction of sp³-hybridized carbons (Fsp3) is 0.385. The van der Waals surface area contributed by atoms with Gasteiger partial charge in [0, 0.05) is 17.2 Å². The van der Waals surface area contributed by atoms with Crippen molar-refractivity contribution in [2.75, 3.05) is 11.4 Å². The smallest absolute Gasteiger partial charge is 0.323 e. The number of nitrogens with zero attached hydrogens (tertiary/aromatic N) is 2. The second-order valence-corrected chi connectivity index (χ2v) is 5.48. The average Bonchev–Trinajstić information content (AvgIpc) is 2.33. The Morgan fingerprint density at radius 3 is 2.33 bits per heavy atom. The zero-order valence-electron chi connectivity index (χ0n) is 12.0. The van der Waals surface area contributed by atoms with E-state index in [0.717, 1.165) is 6.07 Å².